The molecule has 5 nitrogen and oxygen atoms in total. The zero-order valence-corrected chi connectivity index (χ0v) is 11.7. The van der Waals surface area contributed by atoms with Gasteiger partial charge >= 0.3 is 0 Å². The SMILES string of the molecule is Cc1cc(N2CCCC2CO)c(Br)cc1[N+](=O)[O-]. The second-order valence-electron chi connectivity index (χ2n) is 4.52. The topological polar surface area (TPSA) is 66.6 Å². The van der Waals surface area contributed by atoms with Gasteiger partial charge in [0.25, 0.3) is 5.69 Å². The van der Waals surface area contributed by atoms with E-state index < -0.39 is 0 Å². The summed E-state index contributed by atoms with van der Waals surface area (Å²) in [6.45, 7) is 2.72. The van der Waals surface area contributed by atoms with Gasteiger partial charge in [-0.15, -0.1) is 0 Å². The lowest BCUT2D eigenvalue weighted by Gasteiger charge is -2.26. The number of nitro benzene ring substituents is 1. The van der Waals surface area contributed by atoms with Gasteiger partial charge in [-0.1, -0.05) is 0 Å². The summed E-state index contributed by atoms with van der Waals surface area (Å²) in [6, 6.07) is 3.47. The fourth-order valence-corrected chi connectivity index (χ4v) is 2.97. The molecule has 1 heterocycles. The van der Waals surface area contributed by atoms with Gasteiger partial charge in [-0.25, -0.2) is 0 Å². The molecule has 1 aliphatic rings. The van der Waals surface area contributed by atoms with Crippen LogP contribution in [0.4, 0.5) is 11.4 Å². The Bertz CT molecular complexity index is 479. The monoisotopic (exact) mass is 314 g/mol. The second kappa shape index (κ2) is 5.24. The number of nitrogens with zero attached hydrogens (tertiary/aromatic N) is 2. The van der Waals surface area contributed by atoms with Crippen molar-refractivity contribution in [3.8, 4) is 0 Å². The highest BCUT2D eigenvalue weighted by atomic mass is 79.9. The quantitative estimate of drug-likeness (QED) is 0.688. The number of hydrogen-bond acceptors (Lipinski definition) is 4. The van der Waals surface area contributed by atoms with Crippen LogP contribution in [0.25, 0.3) is 0 Å². The predicted octanol–water partition coefficient (Wildman–Crippen LogP) is 2.63. The van der Waals surface area contributed by atoms with Crippen LogP contribution < -0.4 is 4.90 Å². The maximum absolute atomic E-state index is 10.9. The third-order valence-corrected chi connectivity index (χ3v) is 3.99. The summed E-state index contributed by atoms with van der Waals surface area (Å²) in [5.74, 6) is 0. The Kier molecular flexibility index (Phi) is 3.87. The number of nitro groups is 1. The van der Waals surface area contributed by atoms with Crippen LogP contribution in [-0.2, 0) is 0 Å². The number of aryl methyl sites for hydroxylation is 1. The Balaban J connectivity index is 2.40. The molecule has 1 atom stereocenters. The molecule has 1 aromatic carbocycles. The molecule has 0 amide bonds. The van der Waals surface area contributed by atoms with Crippen molar-refractivity contribution >= 4 is 27.3 Å². The van der Waals surface area contributed by atoms with Crippen molar-refractivity contribution in [3.05, 3.63) is 32.3 Å². The van der Waals surface area contributed by atoms with Crippen molar-refractivity contribution < 1.29 is 10.0 Å². The van der Waals surface area contributed by atoms with Crippen LogP contribution >= 0.6 is 15.9 Å². The van der Waals surface area contributed by atoms with Gasteiger partial charge < -0.3 is 10.0 Å². The van der Waals surface area contributed by atoms with Crippen molar-refractivity contribution in [2.24, 2.45) is 0 Å². The van der Waals surface area contributed by atoms with Crippen molar-refractivity contribution in [3.63, 3.8) is 0 Å². The fourth-order valence-electron chi connectivity index (χ4n) is 2.42. The third-order valence-electron chi connectivity index (χ3n) is 3.36. The van der Waals surface area contributed by atoms with E-state index in [1.54, 1.807) is 6.92 Å². The first-order valence-corrected chi connectivity index (χ1v) is 6.66. The average molecular weight is 315 g/mol. The number of aliphatic hydroxyl groups excluding tert-OH is 1. The Morgan fingerprint density at radius 2 is 2.33 bits per heavy atom. The highest BCUT2D eigenvalue weighted by Crippen LogP contribution is 2.36. The van der Waals surface area contributed by atoms with Gasteiger partial charge in [0.2, 0.25) is 0 Å². The molecule has 1 N–H and O–H groups in total. The van der Waals surface area contributed by atoms with Crippen LogP contribution in [0, 0.1) is 17.0 Å². The van der Waals surface area contributed by atoms with E-state index in [4.69, 9.17) is 0 Å². The summed E-state index contributed by atoms with van der Waals surface area (Å²) < 4.78 is 0.708. The lowest BCUT2D eigenvalue weighted by molar-refractivity contribution is -0.385. The standard InChI is InChI=1S/C12H15BrN2O3/c1-8-5-12(10(13)6-11(8)15(17)18)14-4-2-3-9(14)7-16/h5-6,9,16H,2-4,7H2,1H3. The molecule has 1 fully saturated rings. The van der Waals surface area contributed by atoms with E-state index in [-0.39, 0.29) is 23.3 Å². The first-order chi connectivity index (χ1) is 8.54. The van der Waals surface area contributed by atoms with Gasteiger partial charge in [0, 0.05) is 22.6 Å². The van der Waals surface area contributed by atoms with Gasteiger partial charge in [0.15, 0.2) is 0 Å². The van der Waals surface area contributed by atoms with Crippen LogP contribution in [0.15, 0.2) is 16.6 Å². The average Bonchev–Trinajstić information content (AvgIpc) is 2.79. The molecule has 0 aromatic heterocycles. The van der Waals surface area contributed by atoms with Crippen LogP contribution in [0.2, 0.25) is 0 Å². The first-order valence-electron chi connectivity index (χ1n) is 5.86. The highest BCUT2D eigenvalue weighted by Gasteiger charge is 2.27. The zero-order valence-electron chi connectivity index (χ0n) is 10.1. The molecule has 0 spiro atoms. The van der Waals surface area contributed by atoms with Crippen LogP contribution in [-0.4, -0.2) is 29.2 Å². The molecule has 1 aromatic rings. The lowest BCUT2D eigenvalue weighted by Crippen LogP contribution is -2.32. The Labute approximate surface area is 114 Å². The van der Waals surface area contributed by atoms with Crippen LogP contribution in [0.3, 0.4) is 0 Å². The summed E-state index contributed by atoms with van der Waals surface area (Å²) >= 11 is 3.39. The third kappa shape index (κ3) is 2.35. The molecule has 18 heavy (non-hydrogen) atoms. The minimum absolute atomic E-state index is 0.113. The van der Waals surface area contributed by atoms with Gasteiger partial charge in [0.05, 0.1) is 23.3 Å². The summed E-state index contributed by atoms with van der Waals surface area (Å²) in [4.78, 5) is 12.6. The first kappa shape index (κ1) is 13.3. The van der Waals surface area contributed by atoms with Crippen molar-refractivity contribution in [2.75, 3.05) is 18.1 Å². The molecule has 0 radical (unpaired) electrons. The van der Waals surface area contributed by atoms with E-state index in [1.165, 1.54) is 6.07 Å². The number of halogens is 1. The Morgan fingerprint density at radius 1 is 1.61 bits per heavy atom. The van der Waals surface area contributed by atoms with E-state index in [9.17, 15) is 15.2 Å². The van der Waals surface area contributed by atoms with Crippen molar-refractivity contribution in [1.29, 1.82) is 0 Å². The summed E-state index contributed by atoms with van der Waals surface area (Å²) in [6.07, 6.45) is 1.99. The molecule has 1 aliphatic heterocycles. The molecule has 1 saturated heterocycles. The molecule has 98 valence electrons. The highest BCUT2D eigenvalue weighted by molar-refractivity contribution is 9.10. The normalized spacial score (nSPS) is 19.3. The van der Waals surface area contributed by atoms with Gasteiger partial charge in [-0.3, -0.25) is 10.1 Å². The molecule has 0 bridgehead atoms. The predicted molar refractivity (Wildman–Crippen MR) is 73.0 cm³/mol. The summed E-state index contributed by atoms with van der Waals surface area (Å²) in [7, 11) is 0. The maximum atomic E-state index is 10.9. The molecule has 0 saturated carbocycles. The minimum atomic E-state index is -0.378. The lowest BCUT2D eigenvalue weighted by atomic mass is 10.1. The van der Waals surface area contributed by atoms with E-state index >= 15 is 0 Å². The largest absolute Gasteiger partial charge is 0.394 e. The van der Waals surface area contributed by atoms with Crippen molar-refractivity contribution in [2.45, 2.75) is 25.8 Å². The van der Waals surface area contributed by atoms with E-state index in [0.717, 1.165) is 25.1 Å². The van der Waals surface area contributed by atoms with Crippen molar-refractivity contribution in [1.82, 2.24) is 0 Å². The number of aliphatic hydroxyl groups is 1. The molecule has 1 unspecified atom stereocenters. The van der Waals surface area contributed by atoms with Gasteiger partial charge in [-0.2, -0.15) is 0 Å². The minimum Gasteiger partial charge on any atom is -0.394 e. The number of rotatable bonds is 3. The van der Waals surface area contributed by atoms with E-state index in [2.05, 4.69) is 20.8 Å². The molecule has 2 rings (SSSR count). The maximum Gasteiger partial charge on any atom is 0.273 e. The molecular formula is C12H15BrN2O3. The van der Waals surface area contributed by atoms with Crippen LogP contribution in [0.1, 0.15) is 18.4 Å². The Hall–Kier alpha value is -1.14. The van der Waals surface area contributed by atoms with Crippen LogP contribution in [0.5, 0.6) is 0 Å². The summed E-state index contributed by atoms with van der Waals surface area (Å²) in [5.41, 5.74) is 1.68. The van der Waals surface area contributed by atoms with Gasteiger partial charge in [0.1, 0.15) is 0 Å². The smallest absolute Gasteiger partial charge is 0.273 e. The van der Waals surface area contributed by atoms with Gasteiger partial charge in [-0.05, 0) is 41.8 Å². The number of hydrogen-bond donors (Lipinski definition) is 1. The summed E-state index contributed by atoms with van der Waals surface area (Å²) in [5, 5.41) is 20.2. The number of anilines is 1. The Morgan fingerprint density at radius 3 is 2.94 bits per heavy atom. The molecular weight excluding hydrogens is 300 g/mol. The van der Waals surface area contributed by atoms with E-state index in [0.29, 0.717) is 10.0 Å². The van der Waals surface area contributed by atoms with E-state index in [1.807, 2.05) is 6.07 Å². The number of benzene rings is 1. The molecule has 0 aliphatic carbocycles. The fraction of sp³-hybridized carbons (Fsp3) is 0.500. The molecule has 6 heteroatoms. The zero-order chi connectivity index (χ0) is 13.3. The second-order valence-corrected chi connectivity index (χ2v) is 5.37.